The highest BCUT2D eigenvalue weighted by atomic mass is 16.9. The zero-order valence-electron chi connectivity index (χ0n) is 16.1. The molecular formula is C18H20O12. The van der Waals surface area contributed by atoms with Gasteiger partial charge in [-0.05, 0) is 0 Å². The lowest BCUT2D eigenvalue weighted by molar-refractivity contribution is -0.333. The Bertz CT molecular complexity index is 628. The highest BCUT2D eigenvalue weighted by molar-refractivity contribution is 5.85. The summed E-state index contributed by atoms with van der Waals surface area (Å²) < 4.78 is 27.9. The van der Waals surface area contributed by atoms with E-state index in [0.717, 1.165) is 18.2 Å². The summed E-state index contributed by atoms with van der Waals surface area (Å²) in [4.78, 5) is 68.8. The predicted octanol–water partition coefficient (Wildman–Crippen LogP) is -0.133. The van der Waals surface area contributed by atoms with Crippen LogP contribution in [0.25, 0.3) is 0 Å². The maximum Gasteiger partial charge on any atom is 0.423 e. The third-order valence-corrected chi connectivity index (χ3v) is 2.74. The summed E-state index contributed by atoms with van der Waals surface area (Å²) in [6.07, 6.45) is 1.91. The SMILES string of the molecule is C=CC(=O)OCC(=O)OC(CC)(OC(=O)COC(=O)C=C)OC(=O)COC(=O)C=C. The minimum Gasteiger partial charge on any atom is -0.451 e. The molecule has 0 radical (unpaired) electrons. The maximum atomic E-state index is 11.9. The van der Waals surface area contributed by atoms with Crippen molar-refractivity contribution in [1.29, 1.82) is 0 Å². The molecule has 0 bridgehead atoms. The van der Waals surface area contributed by atoms with Gasteiger partial charge in [0.2, 0.25) is 0 Å². The van der Waals surface area contributed by atoms with E-state index in [1.54, 1.807) is 0 Å². The molecule has 0 aromatic rings. The van der Waals surface area contributed by atoms with Crippen LogP contribution >= 0.6 is 0 Å². The van der Waals surface area contributed by atoms with Crippen LogP contribution in [-0.2, 0) is 57.2 Å². The van der Waals surface area contributed by atoms with Crippen LogP contribution in [0, 0.1) is 0 Å². The lowest BCUT2D eigenvalue weighted by atomic mass is 10.4. The molecule has 12 heteroatoms. The molecule has 0 aliphatic carbocycles. The van der Waals surface area contributed by atoms with Gasteiger partial charge in [-0.2, -0.15) is 0 Å². The van der Waals surface area contributed by atoms with Gasteiger partial charge in [0.15, 0.2) is 19.8 Å². The van der Waals surface area contributed by atoms with Gasteiger partial charge >= 0.3 is 41.8 Å². The fourth-order valence-electron chi connectivity index (χ4n) is 1.45. The van der Waals surface area contributed by atoms with E-state index in [2.05, 4.69) is 33.9 Å². The average molecular weight is 428 g/mol. The first-order valence-electron chi connectivity index (χ1n) is 8.14. The molecule has 0 heterocycles. The Balaban J connectivity index is 5.31. The Morgan fingerprint density at radius 1 is 0.633 bits per heavy atom. The van der Waals surface area contributed by atoms with Crippen molar-refractivity contribution >= 4 is 35.8 Å². The molecule has 30 heavy (non-hydrogen) atoms. The summed E-state index contributed by atoms with van der Waals surface area (Å²) in [5.41, 5.74) is 0. The van der Waals surface area contributed by atoms with Gasteiger partial charge in [-0.1, -0.05) is 26.7 Å². The second-order valence-corrected chi connectivity index (χ2v) is 4.89. The standard InChI is InChI=1S/C18H20O12/c1-5-12(19)25-9-15(22)28-18(8-4,29-16(23)10-26-13(20)6-2)30-17(24)11-27-14(21)7-3/h5-7H,1-3,8-11H2,4H3. The van der Waals surface area contributed by atoms with Crippen molar-refractivity contribution in [3.8, 4) is 0 Å². The van der Waals surface area contributed by atoms with Gasteiger partial charge < -0.3 is 28.4 Å². The number of rotatable bonds is 13. The summed E-state index contributed by atoms with van der Waals surface area (Å²) in [7, 11) is 0. The Hall–Kier alpha value is -3.96. The largest absolute Gasteiger partial charge is 0.451 e. The third-order valence-electron chi connectivity index (χ3n) is 2.74. The highest BCUT2D eigenvalue weighted by Crippen LogP contribution is 2.21. The monoisotopic (exact) mass is 428 g/mol. The number of hydrogen-bond donors (Lipinski definition) is 0. The number of esters is 6. The van der Waals surface area contributed by atoms with E-state index in [9.17, 15) is 28.8 Å². The van der Waals surface area contributed by atoms with Gasteiger partial charge in [0.25, 0.3) is 0 Å². The lowest BCUT2D eigenvalue weighted by Gasteiger charge is -2.30. The molecule has 0 N–H and O–H groups in total. The molecule has 0 aliphatic rings. The molecule has 0 saturated heterocycles. The topological polar surface area (TPSA) is 158 Å². The van der Waals surface area contributed by atoms with Crippen molar-refractivity contribution in [2.75, 3.05) is 19.8 Å². The van der Waals surface area contributed by atoms with Crippen LogP contribution < -0.4 is 0 Å². The van der Waals surface area contributed by atoms with Crippen molar-refractivity contribution in [1.82, 2.24) is 0 Å². The van der Waals surface area contributed by atoms with E-state index in [0.29, 0.717) is 0 Å². The Kier molecular flexibility index (Phi) is 11.5. The average Bonchev–Trinajstić information content (AvgIpc) is 2.73. The molecule has 0 amide bonds. The molecule has 0 rings (SSSR count). The van der Waals surface area contributed by atoms with Gasteiger partial charge in [-0.3, -0.25) is 0 Å². The molecule has 0 aromatic carbocycles. The number of carbonyl (C=O) groups excluding carboxylic acids is 6. The molecule has 12 nitrogen and oxygen atoms in total. The molecule has 0 aromatic heterocycles. The van der Waals surface area contributed by atoms with Gasteiger partial charge in [-0.15, -0.1) is 0 Å². The smallest absolute Gasteiger partial charge is 0.423 e. The second kappa shape index (κ2) is 13.3. The minimum atomic E-state index is -2.63. The first-order valence-corrected chi connectivity index (χ1v) is 8.14. The molecule has 164 valence electrons. The first kappa shape index (κ1) is 26.0. The fraction of sp³-hybridized carbons (Fsp3) is 0.333. The van der Waals surface area contributed by atoms with Gasteiger partial charge in [-0.25, -0.2) is 28.8 Å². The van der Waals surface area contributed by atoms with Crippen molar-refractivity contribution in [2.45, 2.75) is 19.3 Å². The van der Waals surface area contributed by atoms with Gasteiger partial charge in [0.1, 0.15) is 0 Å². The number of carbonyl (C=O) groups is 6. The van der Waals surface area contributed by atoms with E-state index < -0.39 is 68.0 Å². The quantitative estimate of drug-likeness (QED) is 0.166. The van der Waals surface area contributed by atoms with Crippen LogP contribution in [-0.4, -0.2) is 61.6 Å². The molecule has 0 atom stereocenters. The highest BCUT2D eigenvalue weighted by Gasteiger charge is 2.42. The Labute approximate surface area is 171 Å². The van der Waals surface area contributed by atoms with Crippen LogP contribution in [0.3, 0.4) is 0 Å². The summed E-state index contributed by atoms with van der Waals surface area (Å²) in [5, 5.41) is 0. The first-order chi connectivity index (χ1) is 14.1. The fourth-order valence-corrected chi connectivity index (χ4v) is 1.45. The zero-order chi connectivity index (χ0) is 23.2. The van der Waals surface area contributed by atoms with E-state index in [1.807, 2.05) is 0 Å². The van der Waals surface area contributed by atoms with Crippen LogP contribution in [0.2, 0.25) is 0 Å². The summed E-state index contributed by atoms with van der Waals surface area (Å²) >= 11 is 0. The van der Waals surface area contributed by atoms with Crippen molar-refractivity contribution in [3.05, 3.63) is 38.0 Å². The third kappa shape index (κ3) is 10.4. The zero-order valence-corrected chi connectivity index (χ0v) is 16.1. The number of ether oxygens (including phenoxy) is 6. The van der Waals surface area contributed by atoms with Crippen molar-refractivity contribution in [3.63, 3.8) is 0 Å². The molecule has 0 fully saturated rings. The normalized spacial score (nSPS) is 9.90. The molecule has 0 saturated carbocycles. The second-order valence-electron chi connectivity index (χ2n) is 4.89. The van der Waals surface area contributed by atoms with Crippen molar-refractivity contribution < 1.29 is 57.2 Å². The molecular weight excluding hydrogens is 408 g/mol. The maximum absolute atomic E-state index is 11.9. The van der Waals surface area contributed by atoms with Crippen molar-refractivity contribution in [2.24, 2.45) is 0 Å². The summed E-state index contributed by atoms with van der Waals surface area (Å²) in [5.74, 6) is -9.27. The van der Waals surface area contributed by atoms with E-state index >= 15 is 0 Å². The van der Waals surface area contributed by atoms with E-state index in [4.69, 9.17) is 14.2 Å². The summed E-state index contributed by atoms with van der Waals surface area (Å²) in [6, 6.07) is 0. The lowest BCUT2D eigenvalue weighted by Crippen LogP contribution is -2.46. The molecule has 0 spiro atoms. The van der Waals surface area contributed by atoms with E-state index in [1.165, 1.54) is 6.92 Å². The molecule has 0 unspecified atom stereocenters. The van der Waals surface area contributed by atoms with E-state index in [-0.39, 0.29) is 0 Å². The van der Waals surface area contributed by atoms with Gasteiger partial charge in [0, 0.05) is 18.2 Å². The van der Waals surface area contributed by atoms with Crippen LogP contribution in [0.5, 0.6) is 0 Å². The van der Waals surface area contributed by atoms with Crippen LogP contribution in [0.15, 0.2) is 38.0 Å². The predicted molar refractivity (Wildman–Crippen MR) is 94.8 cm³/mol. The van der Waals surface area contributed by atoms with Crippen LogP contribution in [0.1, 0.15) is 13.3 Å². The Morgan fingerprint density at radius 3 is 1.10 bits per heavy atom. The number of hydrogen-bond acceptors (Lipinski definition) is 12. The minimum absolute atomic E-state index is 0.434. The Morgan fingerprint density at radius 2 is 0.900 bits per heavy atom. The van der Waals surface area contributed by atoms with Crippen LogP contribution in [0.4, 0.5) is 0 Å². The van der Waals surface area contributed by atoms with Gasteiger partial charge in [0.05, 0.1) is 6.42 Å². The summed E-state index contributed by atoms with van der Waals surface area (Å²) in [6.45, 7) is 7.89. The molecule has 0 aliphatic heterocycles.